The van der Waals surface area contributed by atoms with Crippen LogP contribution in [0.15, 0.2) is 53.4 Å². The number of carbonyl (C=O) groups is 1. The van der Waals surface area contributed by atoms with Gasteiger partial charge < -0.3 is 14.6 Å². The fourth-order valence-corrected chi connectivity index (χ4v) is 3.69. The Morgan fingerprint density at radius 1 is 1.24 bits per heavy atom. The van der Waals surface area contributed by atoms with Crippen LogP contribution in [0.5, 0.6) is 0 Å². The zero-order chi connectivity index (χ0) is 19.6. The number of hydrogen-bond acceptors (Lipinski definition) is 7. The number of anilines is 1. The van der Waals surface area contributed by atoms with Gasteiger partial charge in [0, 0.05) is 11.9 Å². The Labute approximate surface area is 166 Å². The van der Waals surface area contributed by atoms with Crippen molar-refractivity contribution in [2.75, 3.05) is 11.4 Å². The summed E-state index contributed by atoms with van der Waals surface area (Å²) in [6.45, 7) is 1.05. The second-order valence-electron chi connectivity index (χ2n) is 6.87. The molecule has 1 fully saturated rings. The van der Waals surface area contributed by atoms with Crippen LogP contribution in [-0.4, -0.2) is 43.6 Å². The number of aromatic nitrogens is 5. The van der Waals surface area contributed by atoms with Crippen LogP contribution in [-0.2, 0) is 11.3 Å². The molecule has 1 amide bonds. The largest absolute Gasteiger partial charge is 0.461 e. The Kier molecular flexibility index (Phi) is 4.39. The lowest BCUT2D eigenvalue weighted by Crippen LogP contribution is -2.43. The number of benzene rings is 1. The zero-order valence-electron chi connectivity index (χ0n) is 15.6. The maximum Gasteiger partial charge on any atom is 0.243 e. The van der Waals surface area contributed by atoms with E-state index >= 15 is 0 Å². The van der Waals surface area contributed by atoms with Crippen LogP contribution in [0.3, 0.4) is 0 Å². The molecule has 0 unspecified atom stereocenters. The number of amides is 1. The third kappa shape index (κ3) is 3.31. The van der Waals surface area contributed by atoms with E-state index in [1.54, 1.807) is 24.7 Å². The third-order valence-electron chi connectivity index (χ3n) is 5.05. The van der Waals surface area contributed by atoms with Crippen molar-refractivity contribution in [3.8, 4) is 11.6 Å². The van der Waals surface area contributed by atoms with E-state index in [1.165, 1.54) is 0 Å². The lowest BCUT2D eigenvalue weighted by atomic mass is 10.2. The number of carbonyl (C=O) groups excluding carboxylic acids is 1. The van der Waals surface area contributed by atoms with Crippen LogP contribution >= 0.6 is 0 Å². The molecular formula is C20H19N7O2. The number of nitrogens with zero attached hydrogens (tertiary/aromatic N) is 5. The van der Waals surface area contributed by atoms with E-state index in [2.05, 4.69) is 35.4 Å². The highest BCUT2D eigenvalue weighted by atomic mass is 16.3. The molecule has 0 spiro atoms. The molecule has 1 aliphatic heterocycles. The van der Waals surface area contributed by atoms with E-state index < -0.39 is 0 Å². The maximum absolute atomic E-state index is 12.9. The van der Waals surface area contributed by atoms with Crippen LogP contribution in [0.4, 0.5) is 5.82 Å². The first kappa shape index (κ1) is 17.4. The number of rotatable bonds is 5. The summed E-state index contributed by atoms with van der Waals surface area (Å²) in [5, 5.41) is 10.9. The fraction of sp³-hybridized carbons (Fsp3) is 0.250. The van der Waals surface area contributed by atoms with E-state index in [-0.39, 0.29) is 18.5 Å². The number of fused-ring (bicyclic) bond motifs is 1. The molecule has 146 valence electrons. The first-order valence-electron chi connectivity index (χ1n) is 9.49. The molecule has 0 bridgehead atoms. The van der Waals surface area contributed by atoms with Crippen molar-refractivity contribution >= 4 is 22.6 Å². The Morgan fingerprint density at radius 2 is 2.17 bits per heavy atom. The molecule has 2 N–H and O–H groups in total. The van der Waals surface area contributed by atoms with Crippen molar-refractivity contribution in [3.05, 3.63) is 54.8 Å². The molecule has 0 radical (unpaired) electrons. The van der Waals surface area contributed by atoms with Gasteiger partial charge in [0.15, 0.2) is 5.76 Å². The molecule has 29 heavy (non-hydrogen) atoms. The Hall–Kier alpha value is -3.75. The van der Waals surface area contributed by atoms with Crippen molar-refractivity contribution in [1.82, 2.24) is 30.5 Å². The topological polar surface area (TPSA) is 113 Å². The molecule has 3 aromatic heterocycles. The molecule has 1 saturated heterocycles. The number of furan rings is 1. The van der Waals surface area contributed by atoms with Gasteiger partial charge in [-0.3, -0.25) is 9.89 Å². The molecule has 0 aliphatic carbocycles. The van der Waals surface area contributed by atoms with E-state index in [1.807, 2.05) is 24.3 Å². The van der Waals surface area contributed by atoms with Gasteiger partial charge in [-0.25, -0.2) is 15.0 Å². The average molecular weight is 389 g/mol. The van der Waals surface area contributed by atoms with Gasteiger partial charge in [-0.05, 0) is 37.1 Å². The summed E-state index contributed by atoms with van der Waals surface area (Å²) in [6, 6.07) is 11.1. The molecule has 1 aliphatic rings. The summed E-state index contributed by atoms with van der Waals surface area (Å²) in [6.07, 6.45) is 4.83. The summed E-state index contributed by atoms with van der Waals surface area (Å²) >= 11 is 0. The highest BCUT2D eigenvalue weighted by molar-refractivity contribution is 5.93. The van der Waals surface area contributed by atoms with Crippen LogP contribution in [0.1, 0.15) is 18.7 Å². The van der Waals surface area contributed by atoms with Crippen molar-refractivity contribution in [1.29, 1.82) is 0 Å². The van der Waals surface area contributed by atoms with Crippen molar-refractivity contribution in [2.45, 2.75) is 25.4 Å². The predicted octanol–water partition coefficient (Wildman–Crippen LogP) is 2.29. The molecule has 9 heteroatoms. The monoisotopic (exact) mass is 389 g/mol. The number of aromatic amines is 1. The van der Waals surface area contributed by atoms with Crippen molar-refractivity contribution < 1.29 is 9.21 Å². The van der Waals surface area contributed by atoms with Gasteiger partial charge in [-0.15, -0.1) is 5.10 Å². The van der Waals surface area contributed by atoms with Crippen LogP contribution in [0.25, 0.3) is 22.5 Å². The molecule has 5 rings (SSSR count). The number of H-pyrrole nitrogens is 1. The number of hydrogen-bond donors (Lipinski definition) is 2. The highest BCUT2D eigenvalue weighted by Crippen LogP contribution is 2.29. The minimum atomic E-state index is -0.277. The van der Waals surface area contributed by atoms with Crippen molar-refractivity contribution in [3.63, 3.8) is 0 Å². The van der Waals surface area contributed by atoms with E-state index in [4.69, 9.17) is 4.42 Å². The quantitative estimate of drug-likeness (QED) is 0.538. The summed E-state index contributed by atoms with van der Waals surface area (Å²) in [5.74, 6) is 2.36. The third-order valence-corrected chi connectivity index (χ3v) is 5.05. The lowest BCUT2D eigenvalue weighted by Gasteiger charge is -2.25. The fourth-order valence-electron chi connectivity index (χ4n) is 3.69. The predicted molar refractivity (Wildman–Crippen MR) is 106 cm³/mol. The minimum Gasteiger partial charge on any atom is -0.461 e. The number of nitrogens with one attached hydrogen (secondary N) is 2. The second-order valence-corrected chi connectivity index (χ2v) is 6.87. The smallest absolute Gasteiger partial charge is 0.243 e. The zero-order valence-corrected chi connectivity index (χ0v) is 15.6. The van der Waals surface area contributed by atoms with Gasteiger partial charge in [0.25, 0.3) is 0 Å². The summed E-state index contributed by atoms with van der Waals surface area (Å²) in [7, 11) is 0. The average Bonchev–Trinajstić information content (AvgIpc) is 3.52. The lowest BCUT2D eigenvalue weighted by molar-refractivity contribution is -0.122. The highest BCUT2D eigenvalue weighted by Gasteiger charge is 2.32. The SMILES string of the molecule is O=C(NCc1nc(-c2ccco2)n[nH]1)[C@@H]1CCCN1c1ncnc2ccccc12. The Morgan fingerprint density at radius 3 is 3.07 bits per heavy atom. The van der Waals surface area contributed by atoms with Gasteiger partial charge in [-0.1, -0.05) is 12.1 Å². The van der Waals surface area contributed by atoms with Crippen LogP contribution in [0.2, 0.25) is 0 Å². The van der Waals surface area contributed by atoms with Gasteiger partial charge in [-0.2, -0.15) is 0 Å². The Balaban J connectivity index is 1.30. The van der Waals surface area contributed by atoms with Gasteiger partial charge in [0.05, 0.1) is 18.3 Å². The maximum atomic E-state index is 12.9. The Bertz CT molecular complexity index is 1130. The van der Waals surface area contributed by atoms with Crippen molar-refractivity contribution in [2.24, 2.45) is 0 Å². The molecule has 1 atom stereocenters. The van der Waals surface area contributed by atoms with Crippen LogP contribution in [0, 0.1) is 0 Å². The van der Waals surface area contributed by atoms with Gasteiger partial charge >= 0.3 is 0 Å². The molecule has 0 saturated carbocycles. The first-order valence-corrected chi connectivity index (χ1v) is 9.49. The second kappa shape index (κ2) is 7.34. The standard InChI is InChI=1S/C20H19N7O2/c28-20(21-11-17-24-18(26-25-17)16-8-4-10-29-16)15-7-3-9-27(15)19-13-5-1-2-6-14(13)22-12-23-19/h1-2,4-6,8,10,12,15H,3,7,9,11H2,(H,21,28)(H,24,25,26)/t15-/m0/s1. The molecule has 1 aromatic carbocycles. The normalized spacial score (nSPS) is 16.4. The molecular weight excluding hydrogens is 370 g/mol. The molecule has 4 heterocycles. The summed E-state index contributed by atoms with van der Waals surface area (Å²) in [4.78, 5) is 28.1. The van der Waals surface area contributed by atoms with Gasteiger partial charge in [0.2, 0.25) is 11.7 Å². The summed E-state index contributed by atoms with van der Waals surface area (Å²) in [5.41, 5.74) is 0.871. The number of para-hydroxylation sites is 1. The van der Waals surface area contributed by atoms with E-state index in [0.29, 0.717) is 17.4 Å². The van der Waals surface area contributed by atoms with Crippen LogP contribution < -0.4 is 10.2 Å². The molecule has 9 nitrogen and oxygen atoms in total. The minimum absolute atomic E-state index is 0.0545. The first-order chi connectivity index (χ1) is 14.3. The van der Waals surface area contributed by atoms with E-state index in [0.717, 1.165) is 36.1 Å². The molecule has 4 aromatic rings. The summed E-state index contributed by atoms with van der Waals surface area (Å²) < 4.78 is 5.29. The van der Waals surface area contributed by atoms with Gasteiger partial charge in [0.1, 0.15) is 24.0 Å². The van der Waals surface area contributed by atoms with E-state index in [9.17, 15) is 4.79 Å².